The molecule has 1 aromatic carbocycles. The van der Waals surface area contributed by atoms with Crippen molar-refractivity contribution in [2.75, 3.05) is 18.1 Å². The van der Waals surface area contributed by atoms with Crippen LogP contribution in [0.3, 0.4) is 0 Å². The van der Waals surface area contributed by atoms with Gasteiger partial charge in [-0.05, 0) is 48.4 Å². The summed E-state index contributed by atoms with van der Waals surface area (Å²) in [5.74, 6) is 0.661. The van der Waals surface area contributed by atoms with Crippen LogP contribution in [-0.2, 0) is 9.54 Å². The van der Waals surface area contributed by atoms with Crippen molar-refractivity contribution < 1.29 is 14.8 Å². The maximum absolute atomic E-state index is 11.9. The first kappa shape index (κ1) is 19.7. The highest BCUT2D eigenvalue weighted by Gasteiger charge is 2.38. The fraction of sp³-hybridized carbons (Fsp3) is 0.368. The molecule has 4 N–H and O–H groups in total. The van der Waals surface area contributed by atoms with Crippen LogP contribution in [0, 0.1) is 0 Å². The number of hydrogen-bond acceptors (Lipinski definition) is 5. The summed E-state index contributed by atoms with van der Waals surface area (Å²) in [5.41, 5.74) is 3.52. The van der Waals surface area contributed by atoms with Gasteiger partial charge in [0.1, 0.15) is 0 Å². The summed E-state index contributed by atoms with van der Waals surface area (Å²) in [5, 5.41) is 14.3. The summed E-state index contributed by atoms with van der Waals surface area (Å²) < 4.78 is -0.286. The molecule has 3 rings (SSSR count). The molecule has 0 radical (unpaired) electrons. The third-order valence-electron chi connectivity index (χ3n) is 4.61. The number of carbonyl (C=O) groups is 2. The lowest BCUT2D eigenvalue weighted by atomic mass is 9.94. The smallest absolute Gasteiger partial charge is 0.318 e. The monoisotopic (exact) mass is 405 g/mol. The zero-order chi connectivity index (χ0) is 19.3. The molecule has 0 unspecified atom stereocenters. The van der Waals surface area contributed by atoms with Crippen molar-refractivity contribution in [2.24, 2.45) is 0 Å². The summed E-state index contributed by atoms with van der Waals surface area (Å²) in [6.07, 6.45) is 3.42. The van der Waals surface area contributed by atoms with Crippen molar-refractivity contribution in [2.45, 2.75) is 30.4 Å². The molecule has 27 heavy (non-hydrogen) atoms. The van der Waals surface area contributed by atoms with Crippen LogP contribution in [0.1, 0.15) is 30.6 Å². The van der Waals surface area contributed by atoms with Gasteiger partial charge < -0.3 is 10.6 Å². The standard InChI is InChI=1S/C19H23N3O3S2/c1-20-18(24)21-14-6-4-5-13(11-14)15-7-8-16(27-15)19(12-17(23)22-25)9-2-3-10-26-19/h4-8,11,25H,2-3,9-10,12H2,1H3,(H,22,23)(H2,20,21,24)/t19-/m0/s1. The van der Waals surface area contributed by atoms with Gasteiger partial charge in [0.2, 0.25) is 5.91 Å². The van der Waals surface area contributed by atoms with Crippen molar-refractivity contribution in [3.63, 3.8) is 0 Å². The molecule has 1 saturated heterocycles. The number of carbonyl (C=O) groups excluding carboxylic acids is 2. The predicted molar refractivity (Wildman–Crippen MR) is 110 cm³/mol. The second kappa shape index (κ2) is 8.77. The fourth-order valence-electron chi connectivity index (χ4n) is 3.25. The second-order valence-electron chi connectivity index (χ2n) is 6.46. The first-order valence-corrected chi connectivity index (χ1v) is 10.6. The average Bonchev–Trinajstić information content (AvgIpc) is 3.20. The van der Waals surface area contributed by atoms with Gasteiger partial charge >= 0.3 is 6.03 Å². The molecule has 3 amide bonds. The minimum atomic E-state index is -0.351. The SMILES string of the molecule is CNC(=O)Nc1cccc(-c2ccc([C@@]3(CC(=O)NO)CCCCS3)s2)c1. The van der Waals surface area contributed by atoms with Crippen LogP contribution in [0.2, 0.25) is 0 Å². The number of anilines is 1. The molecule has 1 aliphatic heterocycles. The van der Waals surface area contributed by atoms with Crippen molar-refractivity contribution in [3.05, 3.63) is 41.3 Å². The molecule has 0 saturated carbocycles. The van der Waals surface area contributed by atoms with E-state index < -0.39 is 0 Å². The molecule has 6 nitrogen and oxygen atoms in total. The minimum Gasteiger partial charge on any atom is -0.341 e. The molecule has 0 bridgehead atoms. The maximum atomic E-state index is 11.9. The molecule has 0 spiro atoms. The van der Waals surface area contributed by atoms with E-state index in [0.717, 1.165) is 46.0 Å². The van der Waals surface area contributed by atoms with Crippen LogP contribution >= 0.6 is 23.1 Å². The predicted octanol–water partition coefficient (Wildman–Crippen LogP) is 4.17. The number of amides is 3. The van der Waals surface area contributed by atoms with Gasteiger partial charge in [-0.25, -0.2) is 10.3 Å². The highest BCUT2D eigenvalue weighted by atomic mass is 32.2. The van der Waals surface area contributed by atoms with Gasteiger partial charge in [0.15, 0.2) is 0 Å². The number of urea groups is 1. The lowest BCUT2D eigenvalue weighted by molar-refractivity contribution is -0.129. The van der Waals surface area contributed by atoms with Gasteiger partial charge in [0.25, 0.3) is 0 Å². The Kier molecular flexibility index (Phi) is 6.41. The van der Waals surface area contributed by atoms with Gasteiger partial charge in [0.05, 0.1) is 4.75 Å². The highest BCUT2D eigenvalue weighted by Crippen LogP contribution is 2.50. The Hall–Kier alpha value is -2.03. The van der Waals surface area contributed by atoms with E-state index in [-0.39, 0.29) is 23.1 Å². The largest absolute Gasteiger partial charge is 0.341 e. The first-order valence-electron chi connectivity index (χ1n) is 8.83. The van der Waals surface area contributed by atoms with Gasteiger partial charge in [-0.1, -0.05) is 18.6 Å². The van der Waals surface area contributed by atoms with Crippen molar-refractivity contribution in [1.29, 1.82) is 0 Å². The third-order valence-corrected chi connectivity index (χ3v) is 7.69. The Morgan fingerprint density at radius 2 is 2.07 bits per heavy atom. The van der Waals surface area contributed by atoms with Crippen LogP contribution in [0.5, 0.6) is 0 Å². The number of rotatable bonds is 5. The molecule has 2 aromatic rings. The number of thioether (sulfide) groups is 1. The van der Waals surface area contributed by atoms with Crippen LogP contribution in [0.4, 0.5) is 10.5 Å². The average molecular weight is 406 g/mol. The summed E-state index contributed by atoms with van der Waals surface area (Å²) in [6.45, 7) is 0. The molecule has 2 heterocycles. The van der Waals surface area contributed by atoms with Gasteiger partial charge in [0, 0.05) is 28.9 Å². The zero-order valence-electron chi connectivity index (χ0n) is 15.1. The minimum absolute atomic E-state index is 0.258. The number of benzene rings is 1. The summed E-state index contributed by atoms with van der Waals surface area (Å²) in [4.78, 5) is 25.7. The molecular weight excluding hydrogens is 382 g/mol. The Balaban J connectivity index is 1.87. The van der Waals surface area contributed by atoms with Crippen LogP contribution in [0.15, 0.2) is 36.4 Å². The number of nitrogens with one attached hydrogen (secondary N) is 3. The van der Waals surface area contributed by atoms with E-state index in [0.29, 0.717) is 0 Å². The number of hydroxylamine groups is 1. The molecule has 144 valence electrons. The molecule has 1 aromatic heterocycles. The van der Waals surface area contributed by atoms with Crippen LogP contribution in [0.25, 0.3) is 10.4 Å². The Morgan fingerprint density at radius 3 is 2.78 bits per heavy atom. The van der Waals surface area contributed by atoms with E-state index in [1.165, 1.54) is 0 Å². The molecule has 8 heteroatoms. The van der Waals surface area contributed by atoms with E-state index in [9.17, 15) is 9.59 Å². The van der Waals surface area contributed by atoms with Gasteiger partial charge in [-0.3, -0.25) is 10.0 Å². The third kappa shape index (κ3) is 4.63. The van der Waals surface area contributed by atoms with E-state index in [1.54, 1.807) is 35.6 Å². The Bertz CT molecular complexity index is 816. The number of thiophene rings is 1. The van der Waals surface area contributed by atoms with Gasteiger partial charge in [-0.2, -0.15) is 0 Å². The van der Waals surface area contributed by atoms with Crippen LogP contribution < -0.4 is 16.1 Å². The molecule has 1 fully saturated rings. The fourth-order valence-corrected chi connectivity index (χ4v) is 6.14. The van der Waals surface area contributed by atoms with E-state index in [4.69, 9.17) is 5.21 Å². The summed E-state index contributed by atoms with van der Waals surface area (Å²) in [6, 6.07) is 11.6. The summed E-state index contributed by atoms with van der Waals surface area (Å²) >= 11 is 3.47. The molecular formula is C19H23N3O3S2. The van der Waals surface area contributed by atoms with E-state index in [1.807, 2.05) is 24.3 Å². The summed E-state index contributed by atoms with van der Waals surface area (Å²) in [7, 11) is 1.58. The Morgan fingerprint density at radius 1 is 1.22 bits per heavy atom. The second-order valence-corrected chi connectivity index (χ2v) is 9.02. The number of hydrogen-bond donors (Lipinski definition) is 4. The van der Waals surface area contributed by atoms with Crippen molar-refractivity contribution in [3.8, 4) is 10.4 Å². The van der Waals surface area contributed by atoms with E-state index >= 15 is 0 Å². The Labute approximate surface area is 166 Å². The van der Waals surface area contributed by atoms with Crippen LogP contribution in [-0.4, -0.2) is 29.9 Å². The molecule has 0 aliphatic carbocycles. The van der Waals surface area contributed by atoms with E-state index in [2.05, 4.69) is 22.8 Å². The van der Waals surface area contributed by atoms with Crippen molar-refractivity contribution >= 4 is 40.7 Å². The lowest BCUT2D eigenvalue weighted by Gasteiger charge is -2.35. The topological polar surface area (TPSA) is 90.5 Å². The lowest BCUT2D eigenvalue weighted by Crippen LogP contribution is -2.32. The normalized spacial score (nSPS) is 19.3. The van der Waals surface area contributed by atoms with Crippen molar-refractivity contribution in [1.82, 2.24) is 10.8 Å². The maximum Gasteiger partial charge on any atom is 0.318 e. The molecule has 1 atom stereocenters. The highest BCUT2D eigenvalue weighted by molar-refractivity contribution is 8.00. The molecule has 1 aliphatic rings. The quantitative estimate of drug-likeness (QED) is 0.444. The first-order chi connectivity index (χ1) is 13.1. The van der Waals surface area contributed by atoms with Gasteiger partial charge in [-0.15, -0.1) is 23.1 Å². The zero-order valence-corrected chi connectivity index (χ0v) is 16.7.